The van der Waals surface area contributed by atoms with Crippen LogP contribution in [0.5, 0.6) is 0 Å². The average molecular weight is 777 g/mol. The van der Waals surface area contributed by atoms with Crippen LogP contribution in [-0.2, 0) is 37.4 Å². The number of nitrogens with zero attached hydrogens (tertiary/aromatic N) is 8. The van der Waals surface area contributed by atoms with Gasteiger partial charge in [-0.05, 0) is 29.8 Å². The topological polar surface area (TPSA) is 216 Å². The van der Waals surface area contributed by atoms with E-state index < -0.39 is 11.8 Å². The quantitative estimate of drug-likeness (QED) is 0.150. The third-order valence-corrected chi connectivity index (χ3v) is 10.2. The molecule has 0 fully saturated rings. The number of hydrogen-bond donors (Lipinski definition) is 5. The lowest BCUT2D eigenvalue weighted by Crippen LogP contribution is -2.40. The van der Waals surface area contributed by atoms with E-state index in [1.54, 1.807) is 58.4 Å². The van der Waals surface area contributed by atoms with Gasteiger partial charge in [0.1, 0.15) is 11.4 Å². The Balaban J connectivity index is 0.000000168. The first-order valence-corrected chi connectivity index (χ1v) is 17.8. The maximum absolute atomic E-state index is 12.9. The Morgan fingerprint density at radius 2 is 1.35 bits per heavy atom. The number of carbonyl (C=O) groups is 3. The summed E-state index contributed by atoms with van der Waals surface area (Å²) in [6, 6.07) is 14.2. The Labute approximate surface area is 322 Å². The zero-order valence-corrected chi connectivity index (χ0v) is 30.4. The third kappa shape index (κ3) is 6.65. The van der Waals surface area contributed by atoms with Crippen LogP contribution >= 0.6 is 23.2 Å². The number of aromatic nitrogens is 8. The first kappa shape index (κ1) is 35.5. The summed E-state index contributed by atoms with van der Waals surface area (Å²) >= 11 is 12.7. The van der Waals surface area contributed by atoms with Crippen molar-refractivity contribution in [1.82, 2.24) is 50.2 Å². The molecule has 4 aromatic heterocycles. The number of fused-ring (bicyclic) bond motifs is 4. The van der Waals surface area contributed by atoms with Gasteiger partial charge in [-0.2, -0.15) is 20.4 Å². The zero-order valence-electron chi connectivity index (χ0n) is 28.9. The largest absolute Gasteiger partial charge is 0.365 e. The first-order chi connectivity index (χ1) is 26.6. The minimum Gasteiger partial charge on any atom is -0.365 e. The van der Waals surface area contributed by atoms with Gasteiger partial charge in [0.2, 0.25) is 5.91 Å². The molecule has 9 rings (SSSR count). The molecule has 2 aliphatic rings. The molecule has 18 heteroatoms. The summed E-state index contributed by atoms with van der Waals surface area (Å²) in [4.78, 5) is 42.4. The van der Waals surface area contributed by atoms with Crippen LogP contribution in [-0.4, -0.2) is 75.7 Å². The summed E-state index contributed by atoms with van der Waals surface area (Å²) in [5.74, 6) is -1.17. The van der Waals surface area contributed by atoms with Gasteiger partial charge in [0.15, 0.2) is 5.69 Å². The van der Waals surface area contributed by atoms with E-state index in [1.165, 1.54) is 0 Å². The van der Waals surface area contributed by atoms with Gasteiger partial charge in [0.25, 0.3) is 11.8 Å². The first-order valence-electron chi connectivity index (χ1n) is 17.1. The van der Waals surface area contributed by atoms with Crippen LogP contribution in [0, 0.1) is 6.57 Å². The highest BCUT2D eigenvalue weighted by molar-refractivity contribution is 6.36. The predicted octanol–water partition coefficient (Wildman–Crippen LogP) is 4.60. The maximum Gasteiger partial charge on any atom is 0.252 e. The highest BCUT2D eigenvalue weighted by atomic mass is 35.5. The van der Waals surface area contributed by atoms with Gasteiger partial charge in [0, 0.05) is 41.5 Å². The molecule has 2 aliphatic heterocycles. The lowest BCUT2D eigenvalue weighted by Gasteiger charge is -2.28. The van der Waals surface area contributed by atoms with Gasteiger partial charge in [0.05, 0.1) is 88.6 Å². The number of aromatic amines is 2. The number of primary amides is 2. The second-order valence-corrected chi connectivity index (χ2v) is 13.9. The molecular weight excluding hydrogens is 745 g/mol. The van der Waals surface area contributed by atoms with Gasteiger partial charge in [-0.3, -0.25) is 33.9 Å². The van der Waals surface area contributed by atoms with E-state index in [0.29, 0.717) is 75.6 Å². The summed E-state index contributed by atoms with van der Waals surface area (Å²) in [5.41, 5.74) is 18.7. The number of benzene rings is 3. The van der Waals surface area contributed by atoms with E-state index in [9.17, 15) is 14.4 Å². The second-order valence-electron chi connectivity index (χ2n) is 13.0. The highest BCUT2D eigenvalue weighted by Crippen LogP contribution is 2.34. The SMILES string of the molecule is NC(=O)c1c(-c2cc(Cl)c3[nH]ncc3c2)nn2c1CNCC2.[C-]#[N+]c1ccc(CC(=O)N2CCn3nc(-c4cc(Cl)c5[nH]ncc5c4)c(C(N)=O)c3C2)cc1. The molecule has 0 aliphatic carbocycles. The van der Waals surface area contributed by atoms with Crippen molar-refractivity contribution in [1.29, 1.82) is 0 Å². The Bertz CT molecular complexity index is 2700. The molecule has 0 saturated heterocycles. The Morgan fingerprint density at radius 3 is 1.91 bits per heavy atom. The van der Waals surface area contributed by atoms with Crippen molar-refractivity contribution < 1.29 is 14.4 Å². The number of H-pyrrole nitrogens is 2. The molecule has 0 atom stereocenters. The number of carbonyl (C=O) groups excluding carboxylic acids is 3. The molecule has 0 unspecified atom stereocenters. The van der Waals surface area contributed by atoms with Crippen LogP contribution in [0.3, 0.4) is 0 Å². The van der Waals surface area contributed by atoms with Crippen LogP contribution in [0.1, 0.15) is 37.7 Å². The van der Waals surface area contributed by atoms with E-state index >= 15 is 0 Å². The van der Waals surface area contributed by atoms with E-state index in [2.05, 4.69) is 40.8 Å². The molecule has 3 aromatic carbocycles. The number of rotatable bonds is 6. The summed E-state index contributed by atoms with van der Waals surface area (Å²) in [6.45, 7) is 10.3. The third-order valence-electron chi connectivity index (χ3n) is 9.65. The minimum absolute atomic E-state index is 0.0714. The molecule has 6 heterocycles. The molecule has 0 saturated carbocycles. The lowest BCUT2D eigenvalue weighted by atomic mass is 10.0. The fourth-order valence-electron chi connectivity index (χ4n) is 6.98. The molecule has 16 nitrogen and oxygen atoms in total. The number of halogens is 2. The van der Waals surface area contributed by atoms with Crippen LogP contribution in [0.25, 0.3) is 49.2 Å². The number of nitrogens with two attached hydrogens (primary N) is 2. The van der Waals surface area contributed by atoms with Gasteiger partial charge < -0.3 is 21.7 Å². The zero-order chi connectivity index (χ0) is 38.4. The monoisotopic (exact) mass is 775 g/mol. The second kappa shape index (κ2) is 14.4. The molecular formula is C37H31Cl2N13O3. The summed E-state index contributed by atoms with van der Waals surface area (Å²) in [7, 11) is 0. The number of hydrogen-bond acceptors (Lipinski definition) is 8. The van der Waals surface area contributed by atoms with Crippen molar-refractivity contribution in [2.24, 2.45) is 11.5 Å². The highest BCUT2D eigenvalue weighted by Gasteiger charge is 2.30. The van der Waals surface area contributed by atoms with Crippen LogP contribution < -0.4 is 16.8 Å². The summed E-state index contributed by atoms with van der Waals surface area (Å²) in [6.07, 6.45) is 3.54. The summed E-state index contributed by atoms with van der Waals surface area (Å²) in [5, 5.41) is 28.7. The van der Waals surface area contributed by atoms with E-state index in [1.807, 2.05) is 16.8 Å². The van der Waals surface area contributed by atoms with Gasteiger partial charge >= 0.3 is 0 Å². The van der Waals surface area contributed by atoms with E-state index in [4.69, 9.17) is 41.2 Å². The molecule has 0 spiro atoms. The molecule has 3 amide bonds. The van der Waals surface area contributed by atoms with Gasteiger partial charge in [-0.1, -0.05) is 47.5 Å². The Hall–Kier alpha value is -6.54. The van der Waals surface area contributed by atoms with Crippen LogP contribution in [0.4, 0.5) is 5.69 Å². The fraction of sp³-hybridized carbons (Fsp3) is 0.189. The predicted molar refractivity (Wildman–Crippen MR) is 205 cm³/mol. The fourth-order valence-corrected chi connectivity index (χ4v) is 7.52. The van der Waals surface area contributed by atoms with Crippen LogP contribution in [0.15, 0.2) is 60.9 Å². The van der Waals surface area contributed by atoms with Crippen LogP contribution in [0.2, 0.25) is 10.0 Å². The standard InChI is InChI=1S/C23H18ClN7O2.C14H13ClN6O/c1-26-16-4-2-13(3-5-16)8-19(32)30-6-7-31-18(12-30)20(23(25)33)22(29-31)14-9-15-11-27-28-21(15)17(24)10-14;15-9-4-7(3-8-5-18-19-12(8)9)13-11(14(16)22)10-6-17-1-2-21(10)20-13/h2-5,9-11H,6-8,12H2,(H2,25,33)(H,27,28);3-5,17H,1-2,6H2,(H2,16,22)(H,18,19). The molecule has 0 radical (unpaired) electrons. The van der Waals surface area contributed by atoms with Gasteiger partial charge in [-0.15, -0.1) is 0 Å². The molecule has 7 aromatic rings. The van der Waals surface area contributed by atoms with Crippen molar-refractivity contribution in [2.45, 2.75) is 32.6 Å². The lowest BCUT2D eigenvalue weighted by molar-refractivity contribution is -0.132. The average Bonchev–Trinajstić information content (AvgIpc) is 3.99. The van der Waals surface area contributed by atoms with Gasteiger partial charge in [-0.25, -0.2) is 4.85 Å². The normalized spacial score (nSPS) is 13.5. The van der Waals surface area contributed by atoms with Crippen molar-refractivity contribution in [3.05, 3.63) is 110 Å². The smallest absolute Gasteiger partial charge is 0.252 e. The van der Waals surface area contributed by atoms with E-state index in [0.717, 1.165) is 39.7 Å². The summed E-state index contributed by atoms with van der Waals surface area (Å²) < 4.78 is 3.57. The van der Waals surface area contributed by atoms with Crippen molar-refractivity contribution in [3.8, 4) is 22.5 Å². The molecule has 0 bridgehead atoms. The van der Waals surface area contributed by atoms with Crippen molar-refractivity contribution in [3.63, 3.8) is 0 Å². The number of nitrogens with one attached hydrogen (secondary N) is 3. The van der Waals surface area contributed by atoms with Crippen molar-refractivity contribution in [2.75, 3.05) is 13.1 Å². The Kier molecular flexibility index (Phi) is 9.27. The molecule has 55 heavy (non-hydrogen) atoms. The minimum atomic E-state index is -0.612. The van der Waals surface area contributed by atoms with Crippen molar-refractivity contribution >= 4 is 68.4 Å². The number of amides is 3. The molecule has 276 valence electrons. The van der Waals surface area contributed by atoms with E-state index in [-0.39, 0.29) is 24.4 Å². The maximum atomic E-state index is 12.9. The molecule has 7 N–H and O–H groups in total. The Morgan fingerprint density at radius 1 is 0.782 bits per heavy atom.